The third kappa shape index (κ3) is 4.64. The molecule has 0 saturated carbocycles. The molecule has 2 aromatic rings. The highest BCUT2D eigenvalue weighted by Gasteiger charge is 2.14. The zero-order valence-electron chi connectivity index (χ0n) is 13.7. The van der Waals surface area contributed by atoms with Crippen molar-refractivity contribution in [3.05, 3.63) is 64.7 Å². The summed E-state index contributed by atoms with van der Waals surface area (Å²) in [7, 11) is 0. The second-order valence-corrected chi connectivity index (χ2v) is 5.29. The lowest BCUT2D eigenvalue weighted by Gasteiger charge is -2.10. The van der Waals surface area contributed by atoms with Crippen molar-refractivity contribution >= 4 is 17.7 Å². The van der Waals surface area contributed by atoms with Crippen LogP contribution in [0.3, 0.4) is 0 Å². The van der Waals surface area contributed by atoms with Crippen LogP contribution in [0.4, 0.5) is 14.5 Å². The number of para-hydroxylation sites is 1. The quantitative estimate of drug-likeness (QED) is 0.645. The van der Waals surface area contributed by atoms with Crippen LogP contribution in [0, 0.1) is 25.2 Å². The van der Waals surface area contributed by atoms with Crippen LogP contribution >= 0.6 is 0 Å². The summed E-state index contributed by atoms with van der Waals surface area (Å²) in [5, 5.41) is 11.9. The topological polar surface area (TPSA) is 62.1 Å². The minimum Gasteiger partial charge on any atom is -0.434 e. The van der Waals surface area contributed by atoms with E-state index in [1.54, 1.807) is 24.3 Å². The van der Waals surface area contributed by atoms with E-state index in [0.29, 0.717) is 5.69 Å². The van der Waals surface area contributed by atoms with E-state index in [2.05, 4.69) is 10.1 Å². The summed E-state index contributed by atoms with van der Waals surface area (Å²) in [5.41, 5.74) is 2.47. The Morgan fingerprint density at radius 1 is 1.20 bits per heavy atom. The Labute approximate surface area is 144 Å². The first-order chi connectivity index (χ1) is 11.9. The van der Waals surface area contributed by atoms with Crippen LogP contribution in [0.25, 0.3) is 6.08 Å². The first kappa shape index (κ1) is 18.1. The fourth-order valence-corrected chi connectivity index (χ4v) is 2.18. The molecule has 2 rings (SSSR count). The number of halogens is 2. The highest BCUT2D eigenvalue weighted by atomic mass is 19.3. The number of ether oxygens (including phenoxy) is 1. The van der Waals surface area contributed by atoms with Crippen LogP contribution in [0.2, 0.25) is 0 Å². The molecule has 0 spiro atoms. The molecule has 0 fully saturated rings. The van der Waals surface area contributed by atoms with Gasteiger partial charge in [0.05, 0.1) is 0 Å². The fraction of sp³-hybridized carbons (Fsp3) is 0.158. The van der Waals surface area contributed by atoms with Crippen molar-refractivity contribution in [3.8, 4) is 11.8 Å². The lowest BCUT2D eigenvalue weighted by Crippen LogP contribution is -2.14. The average molecular weight is 342 g/mol. The molecular formula is C19H16F2N2O2. The van der Waals surface area contributed by atoms with Crippen molar-refractivity contribution in [2.45, 2.75) is 20.5 Å². The Morgan fingerprint density at radius 3 is 2.60 bits per heavy atom. The van der Waals surface area contributed by atoms with Crippen molar-refractivity contribution in [1.82, 2.24) is 0 Å². The van der Waals surface area contributed by atoms with Crippen molar-refractivity contribution in [2.24, 2.45) is 0 Å². The van der Waals surface area contributed by atoms with E-state index in [1.807, 2.05) is 19.9 Å². The summed E-state index contributed by atoms with van der Waals surface area (Å²) in [6.45, 7) is 0.764. The predicted octanol–water partition coefficient (Wildman–Crippen LogP) is 4.45. The van der Waals surface area contributed by atoms with E-state index in [9.17, 15) is 18.8 Å². The molecule has 0 saturated heterocycles. The molecule has 0 unspecified atom stereocenters. The van der Waals surface area contributed by atoms with Crippen LogP contribution in [0.15, 0.2) is 48.0 Å². The van der Waals surface area contributed by atoms with Gasteiger partial charge in [-0.3, -0.25) is 4.79 Å². The number of carbonyl (C=O) groups excluding carboxylic acids is 1. The molecule has 128 valence electrons. The lowest BCUT2D eigenvalue weighted by molar-refractivity contribution is -0.112. The van der Waals surface area contributed by atoms with Crippen molar-refractivity contribution in [3.63, 3.8) is 0 Å². The average Bonchev–Trinajstić information content (AvgIpc) is 2.57. The van der Waals surface area contributed by atoms with Crippen LogP contribution in [-0.2, 0) is 4.79 Å². The van der Waals surface area contributed by atoms with Gasteiger partial charge >= 0.3 is 6.61 Å². The Morgan fingerprint density at radius 2 is 1.92 bits per heavy atom. The maximum atomic E-state index is 12.5. The number of anilines is 1. The van der Waals surface area contributed by atoms with Crippen molar-refractivity contribution in [1.29, 1.82) is 5.26 Å². The van der Waals surface area contributed by atoms with E-state index in [1.165, 1.54) is 24.3 Å². The van der Waals surface area contributed by atoms with Gasteiger partial charge in [-0.2, -0.15) is 14.0 Å². The van der Waals surface area contributed by atoms with Crippen molar-refractivity contribution in [2.75, 3.05) is 5.32 Å². The molecule has 6 heteroatoms. The van der Waals surface area contributed by atoms with E-state index in [-0.39, 0.29) is 16.9 Å². The number of alkyl halides is 2. The van der Waals surface area contributed by atoms with Gasteiger partial charge in [-0.25, -0.2) is 0 Å². The third-order valence-electron chi connectivity index (χ3n) is 3.65. The number of carbonyl (C=O) groups is 1. The Balaban J connectivity index is 2.30. The van der Waals surface area contributed by atoms with Gasteiger partial charge in [0.15, 0.2) is 0 Å². The molecule has 0 bridgehead atoms. The number of nitriles is 1. The predicted molar refractivity (Wildman–Crippen MR) is 91.2 cm³/mol. The molecule has 0 aromatic heterocycles. The zero-order chi connectivity index (χ0) is 18.4. The molecule has 25 heavy (non-hydrogen) atoms. The van der Waals surface area contributed by atoms with Gasteiger partial charge in [0.25, 0.3) is 5.91 Å². The molecule has 0 aliphatic heterocycles. The summed E-state index contributed by atoms with van der Waals surface area (Å²) in [4.78, 5) is 12.4. The highest BCUT2D eigenvalue weighted by Crippen LogP contribution is 2.24. The second kappa shape index (κ2) is 8.06. The van der Waals surface area contributed by atoms with Gasteiger partial charge in [-0.1, -0.05) is 30.3 Å². The van der Waals surface area contributed by atoms with E-state index < -0.39 is 12.5 Å². The van der Waals surface area contributed by atoms with E-state index >= 15 is 0 Å². The van der Waals surface area contributed by atoms with Crippen LogP contribution in [0.5, 0.6) is 5.75 Å². The zero-order valence-corrected chi connectivity index (χ0v) is 13.7. The molecule has 4 nitrogen and oxygen atoms in total. The SMILES string of the molecule is Cc1cccc(NC(=O)/C(C#N)=C/c2ccccc2OC(F)F)c1C. The number of hydrogen-bond acceptors (Lipinski definition) is 3. The lowest BCUT2D eigenvalue weighted by atomic mass is 10.1. The normalized spacial score (nSPS) is 11.1. The smallest absolute Gasteiger partial charge is 0.387 e. The number of rotatable bonds is 5. The number of nitrogens with one attached hydrogen (secondary N) is 1. The summed E-state index contributed by atoms with van der Waals surface area (Å²) in [5.74, 6) is -0.729. The molecule has 0 atom stereocenters. The van der Waals surface area contributed by atoms with E-state index in [4.69, 9.17) is 0 Å². The number of amides is 1. The summed E-state index contributed by atoms with van der Waals surface area (Å²) >= 11 is 0. The number of hydrogen-bond donors (Lipinski definition) is 1. The fourth-order valence-electron chi connectivity index (χ4n) is 2.18. The Bertz CT molecular complexity index is 855. The van der Waals surface area contributed by atoms with Crippen LogP contribution in [0.1, 0.15) is 16.7 Å². The maximum Gasteiger partial charge on any atom is 0.387 e. The first-order valence-electron chi connectivity index (χ1n) is 7.45. The van der Waals surface area contributed by atoms with Gasteiger partial charge < -0.3 is 10.1 Å². The van der Waals surface area contributed by atoms with Gasteiger partial charge in [-0.15, -0.1) is 0 Å². The molecule has 2 aromatic carbocycles. The van der Waals surface area contributed by atoms with Crippen LogP contribution < -0.4 is 10.1 Å². The molecular weight excluding hydrogens is 326 g/mol. The molecule has 0 aliphatic carbocycles. The third-order valence-corrected chi connectivity index (χ3v) is 3.65. The van der Waals surface area contributed by atoms with Gasteiger partial charge in [0.1, 0.15) is 17.4 Å². The molecule has 1 amide bonds. The number of nitrogens with zero attached hydrogens (tertiary/aromatic N) is 1. The van der Waals surface area contributed by atoms with Crippen molar-refractivity contribution < 1.29 is 18.3 Å². The Kier molecular flexibility index (Phi) is 5.85. The Hall–Kier alpha value is -3.20. The van der Waals surface area contributed by atoms with Gasteiger partial charge in [-0.05, 0) is 43.2 Å². The largest absolute Gasteiger partial charge is 0.434 e. The summed E-state index contributed by atoms with van der Waals surface area (Å²) < 4.78 is 29.3. The second-order valence-electron chi connectivity index (χ2n) is 5.29. The number of benzene rings is 2. The molecule has 1 N–H and O–H groups in total. The number of aryl methyl sites for hydroxylation is 1. The maximum absolute atomic E-state index is 12.5. The monoisotopic (exact) mass is 342 g/mol. The minimum absolute atomic E-state index is 0.107. The summed E-state index contributed by atoms with van der Waals surface area (Å²) in [6.07, 6.45) is 1.22. The molecule has 0 heterocycles. The van der Waals surface area contributed by atoms with E-state index in [0.717, 1.165) is 11.1 Å². The molecule has 0 radical (unpaired) electrons. The first-order valence-corrected chi connectivity index (χ1v) is 7.45. The standard InChI is InChI=1S/C19H16F2N2O2/c1-12-6-5-8-16(13(12)2)23-18(24)15(11-22)10-14-7-3-4-9-17(14)25-19(20)21/h3-10,19H,1-2H3,(H,23,24)/b15-10+. The summed E-state index contributed by atoms with van der Waals surface area (Å²) in [6, 6.07) is 13.2. The molecule has 0 aliphatic rings. The van der Waals surface area contributed by atoms with Crippen LogP contribution in [-0.4, -0.2) is 12.5 Å². The minimum atomic E-state index is -3.00. The highest BCUT2D eigenvalue weighted by molar-refractivity contribution is 6.10. The van der Waals surface area contributed by atoms with Gasteiger partial charge in [0.2, 0.25) is 0 Å². The van der Waals surface area contributed by atoms with Gasteiger partial charge in [0, 0.05) is 11.3 Å².